The third kappa shape index (κ3) is 37.3. The van der Waals surface area contributed by atoms with Crippen LogP contribution in [0.4, 0.5) is 0 Å². The van der Waals surface area contributed by atoms with Gasteiger partial charge in [-0.15, -0.1) is 0 Å². The van der Waals surface area contributed by atoms with Crippen molar-refractivity contribution in [3.8, 4) is 0 Å². The average Bonchev–Trinajstić information content (AvgIpc) is 0.722. The second kappa shape index (κ2) is 1.76. The first kappa shape index (κ1) is 6.19. The van der Waals surface area contributed by atoms with Crippen LogP contribution in [0, 0.1) is 0 Å². The average molecular weight is 151 g/mol. The zero-order chi connectivity index (χ0) is 4.50. The molecule has 0 radical (unpaired) electrons. The SMILES string of the molecule is OP(=S)(Cl)Cl. The Morgan fingerprint density at radius 1 is 1.60 bits per heavy atom. The number of rotatable bonds is 0. The normalized spacial score (nSPS) is 11.8. The number of hydrogen-bond acceptors (Lipinski definition) is 1. The van der Waals surface area contributed by atoms with Gasteiger partial charge in [-0.2, -0.15) is 0 Å². The van der Waals surface area contributed by atoms with Crippen LogP contribution in [0.5, 0.6) is 0 Å². The van der Waals surface area contributed by atoms with Gasteiger partial charge in [-0.05, 0) is 34.3 Å². The van der Waals surface area contributed by atoms with Crippen LogP contribution in [0.3, 0.4) is 0 Å². The van der Waals surface area contributed by atoms with Gasteiger partial charge in [-0.25, -0.2) is 0 Å². The maximum absolute atomic E-state index is 7.98. The lowest BCUT2D eigenvalue weighted by molar-refractivity contribution is 0.652. The van der Waals surface area contributed by atoms with Crippen LogP contribution in [0.15, 0.2) is 0 Å². The van der Waals surface area contributed by atoms with Gasteiger partial charge in [-0.1, -0.05) is 0 Å². The van der Waals surface area contributed by atoms with E-state index in [1.807, 2.05) is 0 Å². The van der Waals surface area contributed by atoms with Crippen molar-refractivity contribution in [2.24, 2.45) is 0 Å². The quantitative estimate of drug-likeness (QED) is 0.531. The molecule has 0 aliphatic heterocycles. The zero-order valence-corrected chi connectivity index (χ0v) is 5.28. The molecular weight excluding hydrogens is 150 g/mol. The molecule has 0 unspecified atom stereocenters. The maximum atomic E-state index is 7.98. The smallest absolute Gasteiger partial charge is 0.237 e. The third-order valence-corrected chi connectivity index (χ3v) is 0. The lowest BCUT2D eigenvalue weighted by atomic mass is 15.9. The summed E-state index contributed by atoms with van der Waals surface area (Å²) >= 11 is 13.6. The van der Waals surface area contributed by atoms with E-state index in [0.29, 0.717) is 0 Å². The van der Waals surface area contributed by atoms with E-state index in [2.05, 4.69) is 11.8 Å². The van der Waals surface area contributed by atoms with Crippen LogP contribution in [0.1, 0.15) is 0 Å². The molecule has 0 saturated heterocycles. The molecule has 0 fully saturated rings. The molecule has 0 amide bonds. The topological polar surface area (TPSA) is 20.2 Å². The molecule has 1 nitrogen and oxygen atoms in total. The molecule has 0 bridgehead atoms. The highest BCUT2D eigenvalue weighted by Crippen LogP contribution is 2.51. The van der Waals surface area contributed by atoms with E-state index in [0.717, 1.165) is 0 Å². The molecule has 0 spiro atoms. The van der Waals surface area contributed by atoms with Crippen LogP contribution in [-0.4, -0.2) is 4.89 Å². The second-order valence-electron chi connectivity index (χ2n) is 0.435. The summed E-state index contributed by atoms with van der Waals surface area (Å²) < 4.78 is 0. The number of hydrogen-bond donors (Lipinski definition) is 1. The largest absolute Gasteiger partial charge is 0.343 e. The van der Waals surface area contributed by atoms with Crippen molar-refractivity contribution < 1.29 is 4.89 Å². The Labute approximate surface area is 44.6 Å². The van der Waals surface area contributed by atoms with Gasteiger partial charge in [0.05, 0.1) is 0 Å². The Hall–Kier alpha value is 1.19. The fourth-order valence-corrected chi connectivity index (χ4v) is 0. The van der Waals surface area contributed by atoms with E-state index in [1.54, 1.807) is 0 Å². The summed E-state index contributed by atoms with van der Waals surface area (Å²) in [6.07, 6.45) is 0. The predicted octanol–water partition coefficient (Wildman–Crippen LogP) is 1.68. The Balaban J connectivity index is 3.47. The summed E-state index contributed by atoms with van der Waals surface area (Å²) in [6.45, 7) is 0. The third-order valence-electron chi connectivity index (χ3n) is 0. The van der Waals surface area contributed by atoms with E-state index in [9.17, 15) is 0 Å². The monoisotopic (exact) mass is 150 g/mol. The van der Waals surface area contributed by atoms with Crippen molar-refractivity contribution in [1.82, 2.24) is 0 Å². The molecule has 1 N–H and O–H groups in total. The molecule has 0 aromatic rings. The fraction of sp³-hybridized carbons (Fsp3) is 0. The van der Waals surface area contributed by atoms with Gasteiger partial charge in [0.2, 0.25) is 4.97 Å². The molecule has 5 heteroatoms. The van der Waals surface area contributed by atoms with Crippen LogP contribution in [-0.2, 0) is 11.8 Å². The number of halogens is 2. The molecule has 0 aliphatic carbocycles. The van der Waals surface area contributed by atoms with E-state index in [-0.39, 0.29) is 0 Å². The highest BCUT2D eigenvalue weighted by molar-refractivity contribution is 8.36. The minimum absolute atomic E-state index is 2.86. The minimum atomic E-state index is -2.86. The maximum Gasteiger partial charge on any atom is 0.237 e. The van der Waals surface area contributed by atoms with Crippen molar-refractivity contribution >= 4 is 39.3 Å². The summed E-state index contributed by atoms with van der Waals surface area (Å²) in [4.78, 5) is 5.12. The molecule has 5 heavy (non-hydrogen) atoms. The van der Waals surface area contributed by atoms with Crippen LogP contribution >= 0.6 is 27.5 Å². The van der Waals surface area contributed by atoms with Crippen molar-refractivity contribution in [2.45, 2.75) is 0 Å². The highest BCUT2D eigenvalue weighted by Gasteiger charge is 1.94. The van der Waals surface area contributed by atoms with E-state index in [1.165, 1.54) is 0 Å². The van der Waals surface area contributed by atoms with Crippen molar-refractivity contribution in [1.29, 1.82) is 0 Å². The second-order valence-corrected chi connectivity index (χ2v) is 7.55. The lowest BCUT2D eigenvalue weighted by Gasteiger charge is -1.83. The molecular formula is HCl2OPS. The molecule has 0 aromatic carbocycles. The van der Waals surface area contributed by atoms with Gasteiger partial charge in [-0.3, -0.25) is 0 Å². The first-order valence-corrected chi connectivity index (χ1v) is 5.29. The molecule has 0 aliphatic rings. The zero-order valence-electron chi connectivity index (χ0n) is 2.06. The van der Waals surface area contributed by atoms with E-state index < -0.39 is 4.97 Å². The van der Waals surface area contributed by atoms with Gasteiger partial charge in [0, 0.05) is 0 Å². The predicted molar refractivity (Wildman–Crippen MR) is 28.2 cm³/mol. The van der Waals surface area contributed by atoms with Gasteiger partial charge in [0.1, 0.15) is 0 Å². The molecule has 0 rings (SSSR count). The molecule has 0 saturated carbocycles. The Morgan fingerprint density at radius 2 is 1.60 bits per heavy atom. The Bertz CT molecular complexity index is 55.8. The Morgan fingerprint density at radius 3 is 1.60 bits per heavy atom. The molecule has 0 atom stereocenters. The standard InChI is InChI=1S/Cl2HOPS/c1-4(2,3)5/h(H,3,5). The van der Waals surface area contributed by atoms with Crippen molar-refractivity contribution in [3.05, 3.63) is 0 Å². The minimum Gasteiger partial charge on any atom is -0.343 e. The molecule has 32 valence electrons. The van der Waals surface area contributed by atoms with Gasteiger partial charge in [0.15, 0.2) is 0 Å². The first-order valence-electron chi connectivity index (χ1n) is 0.721. The summed E-state index contributed by atoms with van der Waals surface area (Å²) in [5.74, 6) is 0. The highest BCUT2D eigenvalue weighted by atomic mass is 35.9. The first-order chi connectivity index (χ1) is 2.00. The molecule has 0 aromatic heterocycles. The van der Waals surface area contributed by atoms with Gasteiger partial charge >= 0.3 is 0 Å². The van der Waals surface area contributed by atoms with Crippen LogP contribution in [0.25, 0.3) is 0 Å². The fourth-order valence-electron chi connectivity index (χ4n) is 0. The molecule has 0 heterocycles. The van der Waals surface area contributed by atoms with E-state index in [4.69, 9.17) is 27.4 Å². The van der Waals surface area contributed by atoms with E-state index >= 15 is 0 Å². The lowest BCUT2D eigenvalue weighted by Crippen LogP contribution is -1.38. The van der Waals surface area contributed by atoms with Crippen molar-refractivity contribution in [2.75, 3.05) is 0 Å². The summed E-state index contributed by atoms with van der Waals surface area (Å²) in [7, 11) is 0. The van der Waals surface area contributed by atoms with Crippen LogP contribution in [0.2, 0.25) is 0 Å². The van der Waals surface area contributed by atoms with Crippen molar-refractivity contribution in [3.63, 3.8) is 0 Å². The van der Waals surface area contributed by atoms with Gasteiger partial charge in [0.25, 0.3) is 0 Å². The summed E-state index contributed by atoms with van der Waals surface area (Å²) in [5.41, 5.74) is 0. The summed E-state index contributed by atoms with van der Waals surface area (Å²) in [5, 5.41) is 0. The van der Waals surface area contributed by atoms with Gasteiger partial charge < -0.3 is 4.89 Å². The Kier molecular flexibility index (Phi) is 2.18. The van der Waals surface area contributed by atoms with Crippen LogP contribution < -0.4 is 0 Å². The summed E-state index contributed by atoms with van der Waals surface area (Å²) in [6, 6.07) is 0.